The number of nitrogens with zero attached hydrogens (tertiary/aromatic N) is 4. The number of hydrogen-bond donors (Lipinski definition) is 1. The van der Waals surface area contributed by atoms with Gasteiger partial charge in [0.2, 0.25) is 12.7 Å². The Bertz CT molecular complexity index is 1320. The molecule has 1 amide bonds. The molecule has 0 unspecified atom stereocenters. The molecule has 0 bridgehead atoms. The van der Waals surface area contributed by atoms with Crippen LogP contribution in [0.5, 0.6) is 11.5 Å². The van der Waals surface area contributed by atoms with E-state index in [1.165, 1.54) is 0 Å². The molecule has 1 N–H and O–H groups in total. The Morgan fingerprint density at radius 3 is 2.83 bits per heavy atom. The van der Waals surface area contributed by atoms with Gasteiger partial charge in [-0.2, -0.15) is 0 Å². The summed E-state index contributed by atoms with van der Waals surface area (Å²) >= 11 is 0. The van der Waals surface area contributed by atoms with Gasteiger partial charge in [0.05, 0.1) is 16.9 Å². The standard InChI is InChI=1S/C26H25N5O5/c32-26(28-14-17-4-7-23-24(11-17)36-16-35-23)20-13-18-12-19(31(33)34)5-6-21(18)30-10-9-29(15-22(20)30)25-3-1-2-8-27-25/h1-8,11-12,20,22H,9-10,13-16H2,(H,28,32)/t20-,22-/m1/s1. The molecule has 6 rings (SSSR count). The van der Waals surface area contributed by atoms with E-state index in [0.29, 0.717) is 37.6 Å². The van der Waals surface area contributed by atoms with Crippen LogP contribution in [0.1, 0.15) is 11.1 Å². The molecule has 1 aromatic heterocycles. The first kappa shape index (κ1) is 22.1. The zero-order valence-electron chi connectivity index (χ0n) is 19.5. The van der Waals surface area contributed by atoms with E-state index in [4.69, 9.17) is 9.47 Å². The molecule has 10 heteroatoms. The number of benzene rings is 2. The van der Waals surface area contributed by atoms with Crippen LogP contribution in [0.3, 0.4) is 0 Å². The third-order valence-corrected chi connectivity index (χ3v) is 7.12. The maximum absolute atomic E-state index is 13.6. The summed E-state index contributed by atoms with van der Waals surface area (Å²) in [5, 5.41) is 14.5. The van der Waals surface area contributed by atoms with Gasteiger partial charge in [-0.3, -0.25) is 14.9 Å². The fourth-order valence-electron chi connectivity index (χ4n) is 5.34. The van der Waals surface area contributed by atoms with E-state index in [0.717, 1.165) is 29.2 Å². The molecule has 184 valence electrons. The number of nitro benzene ring substituents is 1. The molecule has 1 fully saturated rings. The van der Waals surface area contributed by atoms with Crippen LogP contribution in [0.4, 0.5) is 17.2 Å². The molecule has 3 aliphatic heterocycles. The molecular formula is C26H25N5O5. The molecule has 0 aliphatic carbocycles. The number of fused-ring (bicyclic) bond motifs is 4. The lowest BCUT2D eigenvalue weighted by Gasteiger charge is -2.49. The second kappa shape index (κ2) is 9.03. The van der Waals surface area contributed by atoms with Crippen LogP contribution in [0.2, 0.25) is 0 Å². The number of nitro groups is 1. The number of hydrogen-bond acceptors (Lipinski definition) is 8. The van der Waals surface area contributed by atoms with E-state index in [9.17, 15) is 14.9 Å². The van der Waals surface area contributed by atoms with Gasteiger partial charge in [-0.15, -0.1) is 0 Å². The predicted molar refractivity (Wildman–Crippen MR) is 132 cm³/mol. The zero-order chi connectivity index (χ0) is 24.6. The van der Waals surface area contributed by atoms with E-state index >= 15 is 0 Å². The first-order valence-electron chi connectivity index (χ1n) is 11.9. The number of anilines is 2. The van der Waals surface area contributed by atoms with Crippen molar-refractivity contribution in [3.63, 3.8) is 0 Å². The van der Waals surface area contributed by atoms with E-state index < -0.39 is 0 Å². The second-order valence-electron chi connectivity index (χ2n) is 9.18. The van der Waals surface area contributed by atoms with Crippen molar-refractivity contribution in [3.05, 3.63) is 82.0 Å². The minimum atomic E-state index is -0.389. The molecule has 0 radical (unpaired) electrons. The maximum Gasteiger partial charge on any atom is 0.269 e. The van der Waals surface area contributed by atoms with Crippen LogP contribution in [0.25, 0.3) is 0 Å². The molecule has 3 aliphatic rings. The molecule has 2 atom stereocenters. The average Bonchev–Trinajstić information content (AvgIpc) is 3.39. The van der Waals surface area contributed by atoms with Gasteiger partial charge in [0, 0.05) is 50.2 Å². The number of nitrogens with one attached hydrogen (secondary N) is 1. The summed E-state index contributed by atoms with van der Waals surface area (Å²) in [6, 6.07) is 16.3. The van der Waals surface area contributed by atoms with Crippen LogP contribution in [-0.2, 0) is 17.8 Å². The van der Waals surface area contributed by atoms with Crippen molar-refractivity contribution in [1.82, 2.24) is 10.3 Å². The summed E-state index contributed by atoms with van der Waals surface area (Å²) in [6.07, 6.45) is 2.20. The summed E-state index contributed by atoms with van der Waals surface area (Å²) in [5.74, 6) is 1.79. The molecule has 0 spiro atoms. The fraction of sp³-hybridized carbons (Fsp3) is 0.308. The van der Waals surface area contributed by atoms with Crippen molar-refractivity contribution in [2.75, 3.05) is 36.2 Å². The maximum atomic E-state index is 13.6. The molecular weight excluding hydrogens is 462 g/mol. The number of carbonyl (C=O) groups excluding carboxylic acids is 1. The van der Waals surface area contributed by atoms with E-state index in [1.807, 2.05) is 42.5 Å². The number of non-ortho nitro benzene ring substituents is 1. The second-order valence-corrected chi connectivity index (χ2v) is 9.18. The summed E-state index contributed by atoms with van der Waals surface area (Å²) in [4.78, 5) is 33.5. The van der Waals surface area contributed by atoms with Crippen molar-refractivity contribution in [3.8, 4) is 11.5 Å². The van der Waals surface area contributed by atoms with Gasteiger partial charge >= 0.3 is 0 Å². The number of ether oxygens (including phenoxy) is 2. The normalized spacial score (nSPS) is 19.9. The summed E-state index contributed by atoms with van der Waals surface area (Å²) in [5.41, 5.74) is 2.75. The van der Waals surface area contributed by atoms with E-state index in [-0.39, 0.29) is 35.3 Å². The lowest BCUT2D eigenvalue weighted by Crippen LogP contribution is -2.61. The molecule has 2 aromatic carbocycles. The summed E-state index contributed by atoms with van der Waals surface area (Å²) in [7, 11) is 0. The van der Waals surface area contributed by atoms with Crippen LogP contribution >= 0.6 is 0 Å². The van der Waals surface area contributed by atoms with Gasteiger partial charge < -0.3 is 24.6 Å². The number of pyridine rings is 1. The molecule has 10 nitrogen and oxygen atoms in total. The number of rotatable bonds is 5. The van der Waals surface area contributed by atoms with Crippen molar-refractivity contribution in [1.29, 1.82) is 0 Å². The van der Waals surface area contributed by atoms with E-state index in [1.54, 1.807) is 18.3 Å². The first-order valence-corrected chi connectivity index (χ1v) is 11.9. The van der Waals surface area contributed by atoms with Gasteiger partial charge in [-0.25, -0.2) is 4.98 Å². The topological polar surface area (TPSA) is 110 Å². The lowest BCUT2D eigenvalue weighted by molar-refractivity contribution is -0.384. The van der Waals surface area contributed by atoms with Gasteiger partial charge in [0.25, 0.3) is 5.69 Å². The average molecular weight is 488 g/mol. The smallest absolute Gasteiger partial charge is 0.269 e. The van der Waals surface area contributed by atoms with Gasteiger partial charge in [0.15, 0.2) is 11.5 Å². The first-order chi connectivity index (χ1) is 17.6. The van der Waals surface area contributed by atoms with Gasteiger partial charge in [0.1, 0.15) is 5.82 Å². The fourth-order valence-corrected chi connectivity index (χ4v) is 5.34. The minimum absolute atomic E-state index is 0.0406. The number of carbonyl (C=O) groups is 1. The third-order valence-electron chi connectivity index (χ3n) is 7.12. The highest BCUT2D eigenvalue weighted by molar-refractivity contribution is 5.82. The Morgan fingerprint density at radius 1 is 1.11 bits per heavy atom. The summed E-state index contributed by atoms with van der Waals surface area (Å²) in [6.45, 7) is 2.62. The van der Waals surface area contributed by atoms with Gasteiger partial charge in [-0.05, 0) is 47.9 Å². The van der Waals surface area contributed by atoms with Gasteiger partial charge in [-0.1, -0.05) is 12.1 Å². The molecule has 1 saturated heterocycles. The van der Waals surface area contributed by atoms with Crippen LogP contribution < -0.4 is 24.6 Å². The molecule has 4 heterocycles. The Labute approximate surface area is 207 Å². The van der Waals surface area contributed by atoms with Crippen molar-refractivity contribution < 1.29 is 19.2 Å². The Kier molecular flexibility index (Phi) is 5.55. The number of amides is 1. The van der Waals surface area contributed by atoms with Crippen molar-refractivity contribution in [2.24, 2.45) is 5.92 Å². The molecule has 36 heavy (non-hydrogen) atoms. The van der Waals surface area contributed by atoms with Crippen LogP contribution in [0.15, 0.2) is 60.8 Å². The quantitative estimate of drug-likeness (QED) is 0.432. The monoisotopic (exact) mass is 487 g/mol. The van der Waals surface area contributed by atoms with Crippen LogP contribution in [0, 0.1) is 16.0 Å². The Morgan fingerprint density at radius 2 is 2.00 bits per heavy atom. The zero-order valence-corrected chi connectivity index (χ0v) is 19.5. The highest BCUT2D eigenvalue weighted by atomic mass is 16.7. The highest BCUT2D eigenvalue weighted by Gasteiger charge is 2.42. The number of aromatic nitrogens is 1. The van der Waals surface area contributed by atoms with Crippen molar-refractivity contribution in [2.45, 2.75) is 19.0 Å². The highest BCUT2D eigenvalue weighted by Crippen LogP contribution is 2.38. The summed E-state index contributed by atoms with van der Waals surface area (Å²) < 4.78 is 10.8. The number of piperazine rings is 1. The lowest BCUT2D eigenvalue weighted by atomic mass is 9.83. The molecule has 0 saturated carbocycles. The Hall–Kier alpha value is -4.34. The molecule has 3 aromatic rings. The largest absolute Gasteiger partial charge is 0.454 e. The van der Waals surface area contributed by atoms with Crippen LogP contribution in [-0.4, -0.2) is 48.3 Å². The third kappa shape index (κ3) is 4.04. The van der Waals surface area contributed by atoms with E-state index in [2.05, 4.69) is 20.1 Å². The minimum Gasteiger partial charge on any atom is -0.454 e. The predicted octanol–water partition coefficient (Wildman–Crippen LogP) is 2.90. The Balaban J connectivity index is 1.26. The van der Waals surface area contributed by atoms with Crippen molar-refractivity contribution >= 4 is 23.1 Å². The SMILES string of the molecule is O=C(NCc1ccc2c(c1)OCO2)[C@@H]1Cc2cc([N+](=O)[O-])ccc2N2CCN(c3ccccn3)C[C@H]12.